The molecule has 0 unspecified atom stereocenters. The Hall–Kier alpha value is -1.94. The fourth-order valence-electron chi connectivity index (χ4n) is 3.17. The van der Waals surface area contributed by atoms with Gasteiger partial charge in [-0.15, -0.1) is 0 Å². The molecule has 1 saturated heterocycles. The van der Waals surface area contributed by atoms with Gasteiger partial charge in [0.2, 0.25) is 15.9 Å². The first-order valence-corrected chi connectivity index (χ1v) is 12.7. The molecule has 7 nitrogen and oxygen atoms in total. The average Bonchev–Trinajstić information content (AvgIpc) is 2.69. The van der Waals surface area contributed by atoms with Gasteiger partial charge in [0.25, 0.3) is 0 Å². The van der Waals surface area contributed by atoms with Gasteiger partial charge in [0.15, 0.2) is 9.84 Å². The molecule has 1 aliphatic rings. The second-order valence-electron chi connectivity index (χ2n) is 6.89. The molecular formula is C19H21ClN2O5S2. The van der Waals surface area contributed by atoms with E-state index in [0.29, 0.717) is 23.6 Å². The summed E-state index contributed by atoms with van der Waals surface area (Å²) in [6, 6.07) is 12.2. The Morgan fingerprint density at radius 1 is 1.00 bits per heavy atom. The minimum absolute atomic E-state index is 0.0485. The predicted octanol–water partition coefficient (Wildman–Crippen LogP) is 2.78. The molecule has 0 aliphatic carbocycles. The van der Waals surface area contributed by atoms with Crippen molar-refractivity contribution in [3.8, 4) is 0 Å². The third-order valence-electron chi connectivity index (χ3n) is 4.83. The lowest BCUT2D eigenvalue weighted by Gasteiger charge is -2.30. The van der Waals surface area contributed by atoms with E-state index in [9.17, 15) is 21.6 Å². The minimum Gasteiger partial charge on any atom is -0.325 e. The maximum Gasteiger partial charge on any atom is 0.243 e. The number of sulfone groups is 1. The van der Waals surface area contributed by atoms with Crippen molar-refractivity contribution in [1.29, 1.82) is 0 Å². The standard InChI is InChI=1S/C19H21ClN2O5S2/c1-28(24,25)15-5-4-6-16(13-15)29(26,27)22-11-9-14(10-12-22)19(23)21-18-8-3-2-7-17(18)20/h2-8,13-14H,9-12H2,1H3,(H,21,23). The number of anilines is 1. The number of piperidine rings is 1. The number of nitrogens with one attached hydrogen (secondary N) is 1. The van der Waals surface area contributed by atoms with Gasteiger partial charge in [-0.25, -0.2) is 16.8 Å². The van der Waals surface area contributed by atoms with Crippen LogP contribution in [-0.4, -0.2) is 46.4 Å². The van der Waals surface area contributed by atoms with Crippen LogP contribution in [0.4, 0.5) is 5.69 Å². The van der Waals surface area contributed by atoms with Gasteiger partial charge in [0, 0.05) is 25.3 Å². The summed E-state index contributed by atoms with van der Waals surface area (Å²) in [6.07, 6.45) is 1.75. The number of para-hydroxylation sites is 1. The van der Waals surface area contributed by atoms with E-state index in [4.69, 9.17) is 11.6 Å². The number of carbonyl (C=O) groups is 1. The van der Waals surface area contributed by atoms with Crippen molar-refractivity contribution >= 4 is 43.1 Å². The Kier molecular flexibility index (Phi) is 6.33. The molecule has 0 radical (unpaired) electrons. The Morgan fingerprint density at radius 3 is 2.24 bits per heavy atom. The molecule has 0 saturated carbocycles. The van der Waals surface area contributed by atoms with Crippen molar-refractivity contribution in [2.75, 3.05) is 24.7 Å². The zero-order chi connectivity index (χ0) is 21.2. The number of sulfonamides is 1. The second-order valence-corrected chi connectivity index (χ2v) is 11.3. The van der Waals surface area contributed by atoms with E-state index < -0.39 is 19.9 Å². The van der Waals surface area contributed by atoms with E-state index in [0.717, 1.165) is 6.26 Å². The average molecular weight is 457 g/mol. The van der Waals surface area contributed by atoms with Crippen LogP contribution in [0, 0.1) is 5.92 Å². The van der Waals surface area contributed by atoms with Gasteiger partial charge < -0.3 is 5.32 Å². The van der Waals surface area contributed by atoms with Gasteiger partial charge >= 0.3 is 0 Å². The first-order chi connectivity index (χ1) is 13.6. The second kappa shape index (κ2) is 8.43. The van der Waals surface area contributed by atoms with Crippen LogP contribution < -0.4 is 5.32 Å². The van der Waals surface area contributed by atoms with Crippen LogP contribution in [0.5, 0.6) is 0 Å². The number of hydrogen-bond donors (Lipinski definition) is 1. The molecule has 3 rings (SSSR count). The van der Waals surface area contributed by atoms with E-state index in [2.05, 4.69) is 5.32 Å². The highest BCUT2D eigenvalue weighted by molar-refractivity contribution is 7.91. The number of hydrogen-bond acceptors (Lipinski definition) is 5. The van der Waals surface area contributed by atoms with Gasteiger partial charge in [-0.1, -0.05) is 29.8 Å². The number of carbonyl (C=O) groups excluding carboxylic acids is 1. The van der Waals surface area contributed by atoms with Gasteiger partial charge in [-0.2, -0.15) is 4.31 Å². The molecular weight excluding hydrogens is 436 g/mol. The van der Waals surface area contributed by atoms with Crippen molar-refractivity contribution in [1.82, 2.24) is 4.31 Å². The number of halogens is 1. The van der Waals surface area contributed by atoms with Crippen LogP contribution in [0.3, 0.4) is 0 Å². The molecule has 0 spiro atoms. The highest BCUT2D eigenvalue weighted by Gasteiger charge is 2.32. The Labute approximate surface area is 175 Å². The maximum absolute atomic E-state index is 12.9. The van der Waals surface area contributed by atoms with E-state index >= 15 is 0 Å². The third kappa shape index (κ3) is 4.98. The van der Waals surface area contributed by atoms with Crippen molar-refractivity contribution < 1.29 is 21.6 Å². The van der Waals surface area contributed by atoms with E-state index in [1.807, 2.05) is 0 Å². The summed E-state index contributed by atoms with van der Waals surface area (Å²) in [5.74, 6) is -0.533. The molecule has 10 heteroatoms. The Morgan fingerprint density at radius 2 is 1.62 bits per heavy atom. The fourth-order valence-corrected chi connectivity index (χ4v) is 5.61. The molecule has 0 bridgehead atoms. The lowest BCUT2D eigenvalue weighted by Crippen LogP contribution is -2.41. The summed E-state index contributed by atoms with van der Waals surface area (Å²) in [6.45, 7) is 0.345. The van der Waals surface area contributed by atoms with E-state index in [-0.39, 0.29) is 34.7 Å². The predicted molar refractivity (Wildman–Crippen MR) is 111 cm³/mol. The first kappa shape index (κ1) is 21.8. The summed E-state index contributed by atoms with van der Waals surface area (Å²) < 4.78 is 50.5. The normalized spacial score (nSPS) is 16.5. The smallest absolute Gasteiger partial charge is 0.243 e. The van der Waals surface area contributed by atoms with Gasteiger partial charge in [0.05, 0.1) is 20.5 Å². The molecule has 2 aromatic rings. The Bertz CT molecular complexity index is 1120. The van der Waals surface area contributed by atoms with Crippen LogP contribution in [0.25, 0.3) is 0 Å². The van der Waals surface area contributed by atoms with Gasteiger partial charge in [-0.05, 0) is 43.2 Å². The van der Waals surface area contributed by atoms with Crippen LogP contribution in [0.1, 0.15) is 12.8 Å². The Balaban J connectivity index is 1.68. The zero-order valence-corrected chi connectivity index (χ0v) is 18.1. The van der Waals surface area contributed by atoms with Crippen LogP contribution in [0.2, 0.25) is 5.02 Å². The SMILES string of the molecule is CS(=O)(=O)c1cccc(S(=O)(=O)N2CCC(C(=O)Nc3ccccc3Cl)CC2)c1. The van der Waals surface area contributed by atoms with Crippen molar-refractivity contribution in [2.45, 2.75) is 22.6 Å². The van der Waals surface area contributed by atoms with E-state index in [1.165, 1.54) is 28.6 Å². The first-order valence-electron chi connectivity index (χ1n) is 8.95. The molecule has 1 amide bonds. The molecule has 1 heterocycles. The number of rotatable bonds is 5. The summed E-state index contributed by atoms with van der Waals surface area (Å²) in [7, 11) is -7.36. The molecule has 0 aromatic heterocycles. The third-order valence-corrected chi connectivity index (χ3v) is 8.16. The highest BCUT2D eigenvalue weighted by Crippen LogP contribution is 2.27. The molecule has 1 N–H and O–H groups in total. The molecule has 0 atom stereocenters. The minimum atomic E-state index is -3.84. The number of nitrogens with zero attached hydrogens (tertiary/aromatic N) is 1. The van der Waals surface area contributed by atoms with Crippen molar-refractivity contribution in [3.63, 3.8) is 0 Å². The number of benzene rings is 2. The summed E-state index contributed by atoms with van der Waals surface area (Å²) in [5, 5.41) is 3.22. The van der Waals surface area contributed by atoms with Crippen molar-refractivity contribution in [3.05, 3.63) is 53.6 Å². The van der Waals surface area contributed by atoms with Crippen molar-refractivity contribution in [2.24, 2.45) is 5.92 Å². The van der Waals surface area contributed by atoms with Crippen LogP contribution >= 0.6 is 11.6 Å². The zero-order valence-electron chi connectivity index (χ0n) is 15.7. The fraction of sp³-hybridized carbons (Fsp3) is 0.316. The highest BCUT2D eigenvalue weighted by atomic mass is 35.5. The molecule has 29 heavy (non-hydrogen) atoms. The van der Waals surface area contributed by atoms with Gasteiger partial charge in [0.1, 0.15) is 0 Å². The maximum atomic E-state index is 12.9. The largest absolute Gasteiger partial charge is 0.325 e. The lowest BCUT2D eigenvalue weighted by atomic mass is 9.97. The van der Waals surface area contributed by atoms with E-state index in [1.54, 1.807) is 24.3 Å². The summed E-state index contributed by atoms with van der Waals surface area (Å²) in [5.41, 5.74) is 0.520. The van der Waals surface area contributed by atoms with Crippen LogP contribution in [-0.2, 0) is 24.7 Å². The molecule has 1 fully saturated rings. The summed E-state index contributed by atoms with van der Waals surface area (Å²) in [4.78, 5) is 12.4. The topological polar surface area (TPSA) is 101 Å². The molecule has 156 valence electrons. The molecule has 1 aliphatic heterocycles. The van der Waals surface area contributed by atoms with Crippen LogP contribution in [0.15, 0.2) is 58.3 Å². The molecule has 2 aromatic carbocycles. The number of amides is 1. The monoisotopic (exact) mass is 456 g/mol. The van der Waals surface area contributed by atoms with Gasteiger partial charge in [-0.3, -0.25) is 4.79 Å². The summed E-state index contributed by atoms with van der Waals surface area (Å²) >= 11 is 6.06. The quantitative estimate of drug-likeness (QED) is 0.745. The lowest BCUT2D eigenvalue weighted by molar-refractivity contribution is -0.120.